The Bertz CT molecular complexity index is 548. The van der Waals surface area contributed by atoms with Gasteiger partial charge >= 0.3 is 0 Å². The van der Waals surface area contributed by atoms with E-state index in [1.54, 1.807) is 6.20 Å². The van der Waals surface area contributed by atoms with E-state index in [1.165, 1.54) is 5.56 Å². The van der Waals surface area contributed by atoms with Gasteiger partial charge in [0.05, 0.1) is 6.07 Å². The van der Waals surface area contributed by atoms with Gasteiger partial charge in [-0.2, -0.15) is 5.26 Å². The van der Waals surface area contributed by atoms with Crippen LogP contribution in [0.25, 0.3) is 11.0 Å². The number of nitrogens with zero attached hydrogens (tertiary/aromatic N) is 3. The average molecular weight is 228 g/mol. The third-order valence-corrected chi connectivity index (χ3v) is 2.66. The summed E-state index contributed by atoms with van der Waals surface area (Å²) in [6, 6.07) is 6.58. The van der Waals surface area contributed by atoms with E-state index >= 15 is 0 Å². The third kappa shape index (κ3) is 2.45. The molecule has 0 saturated carbocycles. The Morgan fingerprint density at radius 2 is 2.35 bits per heavy atom. The monoisotopic (exact) mass is 228 g/mol. The summed E-state index contributed by atoms with van der Waals surface area (Å²) in [5.41, 5.74) is 2.08. The maximum absolute atomic E-state index is 8.79. The number of hydrogen-bond acceptors (Lipinski definition) is 3. The smallest absolute Gasteiger partial charge is 0.141 e. The van der Waals surface area contributed by atoms with Crippen molar-refractivity contribution >= 4 is 11.0 Å². The summed E-state index contributed by atoms with van der Waals surface area (Å²) in [5.74, 6) is 0. The van der Waals surface area contributed by atoms with Gasteiger partial charge in [0, 0.05) is 30.4 Å². The first kappa shape index (κ1) is 11.6. The molecular formula is C13H16N4. The van der Waals surface area contributed by atoms with E-state index in [9.17, 15) is 0 Å². The molecule has 0 aromatic carbocycles. The van der Waals surface area contributed by atoms with Crippen molar-refractivity contribution in [3.8, 4) is 6.07 Å². The summed E-state index contributed by atoms with van der Waals surface area (Å²) in [6.07, 6.45) is 3.77. The van der Waals surface area contributed by atoms with Crippen LogP contribution in [0.4, 0.5) is 0 Å². The predicted molar refractivity (Wildman–Crippen MR) is 67.3 cm³/mol. The van der Waals surface area contributed by atoms with Crippen LogP contribution in [0.15, 0.2) is 24.5 Å². The summed E-state index contributed by atoms with van der Waals surface area (Å²) in [6.45, 7) is 5.38. The lowest BCUT2D eigenvalue weighted by Crippen LogP contribution is -2.21. The Kier molecular flexibility index (Phi) is 3.40. The minimum Gasteiger partial charge on any atom is -0.318 e. The molecule has 0 unspecified atom stereocenters. The van der Waals surface area contributed by atoms with Crippen molar-refractivity contribution in [2.75, 3.05) is 0 Å². The molecule has 0 spiro atoms. The maximum Gasteiger partial charge on any atom is 0.141 e. The maximum atomic E-state index is 8.79. The van der Waals surface area contributed by atoms with Crippen LogP contribution in [0, 0.1) is 11.3 Å². The second kappa shape index (κ2) is 4.98. The van der Waals surface area contributed by atoms with Crippen LogP contribution < -0.4 is 5.32 Å². The predicted octanol–water partition coefficient (Wildman–Crippen LogP) is 2.06. The third-order valence-electron chi connectivity index (χ3n) is 2.66. The van der Waals surface area contributed by atoms with Crippen LogP contribution in [0.1, 0.15) is 19.4 Å². The second-order valence-corrected chi connectivity index (χ2v) is 4.35. The van der Waals surface area contributed by atoms with Crippen molar-refractivity contribution in [2.45, 2.75) is 33.0 Å². The van der Waals surface area contributed by atoms with E-state index in [-0.39, 0.29) is 0 Å². The van der Waals surface area contributed by atoms with Crippen LogP contribution in [-0.2, 0) is 13.1 Å². The van der Waals surface area contributed by atoms with Crippen molar-refractivity contribution in [2.24, 2.45) is 0 Å². The van der Waals surface area contributed by atoms with Crippen LogP contribution in [0.3, 0.4) is 0 Å². The van der Waals surface area contributed by atoms with Gasteiger partial charge in [-0.05, 0) is 17.7 Å². The van der Waals surface area contributed by atoms with Gasteiger partial charge in [0.25, 0.3) is 0 Å². The van der Waals surface area contributed by atoms with Gasteiger partial charge in [-0.1, -0.05) is 13.8 Å². The first-order valence-electron chi connectivity index (χ1n) is 5.75. The van der Waals surface area contributed by atoms with E-state index < -0.39 is 0 Å². The van der Waals surface area contributed by atoms with Crippen LogP contribution >= 0.6 is 0 Å². The standard InChI is InChI=1S/C13H16N4/c1-10(2)16-8-11-9-17(7-5-14)13-12(11)4-3-6-15-13/h3-4,6,9-10,16H,7-8H2,1-2H3. The van der Waals surface area contributed by atoms with Crippen LogP contribution in [0.2, 0.25) is 0 Å². The number of aromatic nitrogens is 2. The quantitative estimate of drug-likeness (QED) is 0.871. The van der Waals surface area contributed by atoms with E-state index in [0.717, 1.165) is 17.6 Å². The lowest BCUT2D eigenvalue weighted by atomic mass is 10.2. The summed E-state index contributed by atoms with van der Waals surface area (Å²) in [7, 11) is 0. The number of fused-ring (bicyclic) bond motifs is 1. The topological polar surface area (TPSA) is 53.6 Å². The van der Waals surface area contributed by atoms with E-state index in [0.29, 0.717) is 12.6 Å². The van der Waals surface area contributed by atoms with Gasteiger partial charge < -0.3 is 9.88 Å². The van der Waals surface area contributed by atoms with E-state index in [1.807, 2.05) is 22.9 Å². The molecule has 88 valence electrons. The van der Waals surface area contributed by atoms with Crippen molar-refractivity contribution < 1.29 is 0 Å². The molecule has 2 heterocycles. The number of nitriles is 1. The van der Waals surface area contributed by atoms with Crippen molar-refractivity contribution in [3.05, 3.63) is 30.1 Å². The minimum absolute atomic E-state index is 0.342. The molecule has 0 atom stereocenters. The number of hydrogen-bond donors (Lipinski definition) is 1. The fourth-order valence-corrected chi connectivity index (χ4v) is 1.85. The number of pyridine rings is 1. The molecule has 0 aliphatic heterocycles. The summed E-state index contributed by atoms with van der Waals surface area (Å²) >= 11 is 0. The first-order valence-corrected chi connectivity index (χ1v) is 5.75. The molecule has 0 fully saturated rings. The van der Waals surface area contributed by atoms with Crippen LogP contribution in [0.5, 0.6) is 0 Å². The molecule has 17 heavy (non-hydrogen) atoms. The van der Waals surface area contributed by atoms with Gasteiger partial charge in [-0.15, -0.1) is 0 Å². The van der Waals surface area contributed by atoms with Crippen molar-refractivity contribution in [1.82, 2.24) is 14.9 Å². The zero-order valence-electron chi connectivity index (χ0n) is 10.1. The highest BCUT2D eigenvalue weighted by Crippen LogP contribution is 2.19. The molecular weight excluding hydrogens is 212 g/mol. The van der Waals surface area contributed by atoms with Crippen molar-refractivity contribution in [3.63, 3.8) is 0 Å². The largest absolute Gasteiger partial charge is 0.318 e. The Morgan fingerprint density at radius 3 is 3.06 bits per heavy atom. The summed E-state index contributed by atoms with van der Waals surface area (Å²) in [5, 5.41) is 13.3. The van der Waals surface area contributed by atoms with Gasteiger partial charge in [-0.3, -0.25) is 0 Å². The zero-order valence-corrected chi connectivity index (χ0v) is 10.1. The Morgan fingerprint density at radius 1 is 1.53 bits per heavy atom. The van der Waals surface area contributed by atoms with Gasteiger partial charge in [0.2, 0.25) is 0 Å². The summed E-state index contributed by atoms with van der Waals surface area (Å²) in [4.78, 5) is 4.33. The van der Waals surface area contributed by atoms with Gasteiger partial charge in [0.15, 0.2) is 0 Å². The fraction of sp³-hybridized carbons (Fsp3) is 0.385. The van der Waals surface area contributed by atoms with Gasteiger partial charge in [-0.25, -0.2) is 4.98 Å². The molecule has 4 heteroatoms. The van der Waals surface area contributed by atoms with E-state index in [2.05, 4.69) is 30.2 Å². The number of rotatable bonds is 4. The molecule has 4 nitrogen and oxygen atoms in total. The lowest BCUT2D eigenvalue weighted by molar-refractivity contribution is 0.589. The lowest BCUT2D eigenvalue weighted by Gasteiger charge is -2.06. The molecule has 0 radical (unpaired) electrons. The summed E-state index contributed by atoms with van der Waals surface area (Å²) < 4.78 is 1.90. The highest BCUT2D eigenvalue weighted by molar-refractivity contribution is 5.80. The Labute approximate surface area is 101 Å². The highest BCUT2D eigenvalue weighted by atomic mass is 15.0. The Hall–Kier alpha value is -1.86. The average Bonchev–Trinajstić information content (AvgIpc) is 2.66. The number of nitrogens with one attached hydrogen (secondary N) is 1. The van der Waals surface area contributed by atoms with Crippen molar-refractivity contribution in [1.29, 1.82) is 5.26 Å². The molecule has 2 aromatic rings. The fourth-order valence-electron chi connectivity index (χ4n) is 1.85. The normalized spacial score (nSPS) is 10.9. The molecule has 0 amide bonds. The molecule has 0 bridgehead atoms. The SMILES string of the molecule is CC(C)NCc1cn(CC#N)c2ncccc12. The highest BCUT2D eigenvalue weighted by Gasteiger charge is 2.08. The van der Waals surface area contributed by atoms with Crippen LogP contribution in [-0.4, -0.2) is 15.6 Å². The molecule has 0 aliphatic rings. The second-order valence-electron chi connectivity index (χ2n) is 4.35. The molecule has 2 rings (SSSR count). The molecule has 2 aromatic heterocycles. The molecule has 0 saturated heterocycles. The van der Waals surface area contributed by atoms with E-state index in [4.69, 9.17) is 5.26 Å². The minimum atomic E-state index is 0.342. The molecule has 1 N–H and O–H groups in total. The first-order chi connectivity index (χ1) is 8.22. The van der Waals surface area contributed by atoms with Gasteiger partial charge in [0.1, 0.15) is 12.2 Å². The Balaban J connectivity index is 2.38. The molecule has 0 aliphatic carbocycles. The zero-order chi connectivity index (χ0) is 12.3.